The molecule has 2 nitrogen and oxygen atoms in total. The molecule has 0 spiro atoms. The molecular formula is C15H23NOS. The van der Waals surface area contributed by atoms with Gasteiger partial charge < -0.3 is 10.0 Å². The molecule has 0 aromatic heterocycles. The van der Waals surface area contributed by atoms with Gasteiger partial charge in [0.1, 0.15) is 0 Å². The average Bonchev–Trinajstić information content (AvgIpc) is 2.36. The molecule has 1 aromatic carbocycles. The molecule has 1 aromatic rings. The number of nitrogens with zero attached hydrogens (tertiary/aromatic N) is 1. The van der Waals surface area contributed by atoms with E-state index in [2.05, 4.69) is 30.5 Å². The van der Waals surface area contributed by atoms with Gasteiger partial charge in [0.05, 0.1) is 6.10 Å². The Morgan fingerprint density at radius 3 is 2.72 bits per heavy atom. The molecule has 0 amide bonds. The standard InChI is InChI=1S/C15H23NOS/c1-15(2)12-16(10-11-18-15)9-8-14(17)13-6-4-3-5-7-13/h3-7,14,17H,8-12H2,1-2H3. The first-order chi connectivity index (χ1) is 8.57. The summed E-state index contributed by atoms with van der Waals surface area (Å²) in [5.74, 6) is 1.20. The fourth-order valence-corrected chi connectivity index (χ4v) is 3.63. The van der Waals surface area contributed by atoms with Crippen molar-refractivity contribution >= 4 is 11.8 Å². The van der Waals surface area contributed by atoms with Crippen molar-refractivity contribution in [2.75, 3.05) is 25.4 Å². The number of hydrogen-bond acceptors (Lipinski definition) is 3. The Morgan fingerprint density at radius 1 is 1.33 bits per heavy atom. The zero-order valence-electron chi connectivity index (χ0n) is 11.3. The van der Waals surface area contributed by atoms with Gasteiger partial charge in [0.15, 0.2) is 0 Å². The minimum atomic E-state index is -0.330. The molecule has 1 N–H and O–H groups in total. The predicted octanol–water partition coefficient (Wildman–Crippen LogP) is 2.94. The van der Waals surface area contributed by atoms with E-state index in [9.17, 15) is 5.11 Å². The Morgan fingerprint density at radius 2 is 2.06 bits per heavy atom. The van der Waals surface area contributed by atoms with Crippen LogP contribution in [0.2, 0.25) is 0 Å². The van der Waals surface area contributed by atoms with Gasteiger partial charge in [-0.1, -0.05) is 30.3 Å². The molecule has 2 rings (SSSR count). The van der Waals surface area contributed by atoms with E-state index in [4.69, 9.17) is 0 Å². The van der Waals surface area contributed by atoms with Gasteiger partial charge in [0.25, 0.3) is 0 Å². The number of rotatable bonds is 4. The molecule has 1 heterocycles. The van der Waals surface area contributed by atoms with Gasteiger partial charge in [-0.2, -0.15) is 11.8 Å². The zero-order valence-corrected chi connectivity index (χ0v) is 12.1. The highest BCUT2D eigenvalue weighted by Crippen LogP contribution is 2.30. The van der Waals surface area contributed by atoms with E-state index >= 15 is 0 Å². The Labute approximate surface area is 114 Å². The Hall–Kier alpha value is -0.510. The monoisotopic (exact) mass is 265 g/mol. The number of thioether (sulfide) groups is 1. The van der Waals surface area contributed by atoms with Crippen molar-refractivity contribution in [3.05, 3.63) is 35.9 Å². The van der Waals surface area contributed by atoms with E-state index in [1.54, 1.807) is 0 Å². The topological polar surface area (TPSA) is 23.5 Å². The lowest BCUT2D eigenvalue weighted by Gasteiger charge is -2.37. The van der Waals surface area contributed by atoms with E-state index in [1.807, 2.05) is 30.3 Å². The third-order valence-corrected chi connectivity index (χ3v) is 4.71. The summed E-state index contributed by atoms with van der Waals surface area (Å²) in [5, 5.41) is 10.1. The van der Waals surface area contributed by atoms with Gasteiger partial charge >= 0.3 is 0 Å². The van der Waals surface area contributed by atoms with Crippen LogP contribution in [0.3, 0.4) is 0 Å². The largest absolute Gasteiger partial charge is 0.388 e. The predicted molar refractivity (Wildman–Crippen MR) is 79.0 cm³/mol. The summed E-state index contributed by atoms with van der Waals surface area (Å²) in [7, 11) is 0. The molecule has 1 fully saturated rings. The van der Waals surface area contributed by atoms with E-state index in [0.29, 0.717) is 4.75 Å². The second-order valence-electron chi connectivity index (χ2n) is 5.60. The van der Waals surface area contributed by atoms with Crippen LogP contribution in [0.15, 0.2) is 30.3 Å². The lowest BCUT2D eigenvalue weighted by atomic mass is 10.1. The van der Waals surface area contributed by atoms with Crippen LogP contribution in [-0.2, 0) is 0 Å². The molecule has 0 bridgehead atoms. The van der Waals surface area contributed by atoms with Crippen LogP contribution in [0.1, 0.15) is 31.9 Å². The van der Waals surface area contributed by atoms with E-state index in [1.165, 1.54) is 5.75 Å². The normalized spacial score (nSPS) is 21.7. The molecule has 100 valence electrons. The minimum Gasteiger partial charge on any atom is -0.388 e. The van der Waals surface area contributed by atoms with Crippen molar-refractivity contribution in [3.8, 4) is 0 Å². The third-order valence-electron chi connectivity index (χ3n) is 3.41. The summed E-state index contributed by atoms with van der Waals surface area (Å²) in [4.78, 5) is 2.47. The first-order valence-electron chi connectivity index (χ1n) is 6.66. The van der Waals surface area contributed by atoms with Crippen molar-refractivity contribution < 1.29 is 5.11 Å². The number of benzene rings is 1. The van der Waals surface area contributed by atoms with E-state index in [-0.39, 0.29) is 6.10 Å². The smallest absolute Gasteiger partial charge is 0.0802 e. The first-order valence-corrected chi connectivity index (χ1v) is 7.65. The minimum absolute atomic E-state index is 0.330. The summed E-state index contributed by atoms with van der Waals surface area (Å²) in [5.41, 5.74) is 1.03. The molecule has 1 atom stereocenters. The first kappa shape index (κ1) is 13.9. The summed E-state index contributed by atoms with van der Waals surface area (Å²) in [6, 6.07) is 9.96. The average molecular weight is 265 g/mol. The number of aliphatic hydroxyl groups excluding tert-OH is 1. The molecule has 18 heavy (non-hydrogen) atoms. The van der Waals surface area contributed by atoms with Crippen LogP contribution in [0.25, 0.3) is 0 Å². The summed E-state index contributed by atoms with van der Waals surface area (Å²) >= 11 is 2.05. The highest BCUT2D eigenvalue weighted by atomic mass is 32.2. The van der Waals surface area contributed by atoms with Gasteiger partial charge in [-0.25, -0.2) is 0 Å². The zero-order chi connectivity index (χ0) is 13.0. The van der Waals surface area contributed by atoms with Crippen molar-refractivity contribution in [2.45, 2.75) is 31.1 Å². The molecular weight excluding hydrogens is 242 g/mol. The van der Waals surface area contributed by atoms with Crippen molar-refractivity contribution in [2.24, 2.45) is 0 Å². The number of hydrogen-bond donors (Lipinski definition) is 1. The molecule has 1 unspecified atom stereocenters. The Balaban J connectivity index is 1.81. The van der Waals surface area contributed by atoms with Crippen LogP contribution in [0, 0.1) is 0 Å². The number of aliphatic hydroxyl groups is 1. The Kier molecular flexibility index (Phi) is 4.71. The summed E-state index contributed by atoms with van der Waals surface area (Å²) < 4.78 is 0.357. The molecule has 1 saturated heterocycles. The van der Waals surface area contributed by atoms with Crippen LogP contribution >= 0.6 is 11.8 Å². The van der Waals surface area contributed by atoms with Crippen LogP contribution in [0.5, 0.6) is 0 Å². The molecule has 1 aliphatic heterocycles. The SMILES string of the molecule is CC1(C)CN(CCC(O)c2ccccc2)CCS1. The molecule has 0 aliphatic carbocycles. The van der Waals surface area contributed by atoms with Gasteiger partial charge in [0.2, 0.25) is 0 Å². The van der Waals surface area contributed by atoms with Gasteiger partial charge in [-0.05, 0) is 25.8 Å². The summed E-state index contributed by atoms with van der Waals surface area (Å²) in [6.45, 7) is 7.86. The maximum absolute atomic E-state index is 10.1. The quantitative estimate of drug-likeness (QED) is 0.905. The molecule has 3 heteroatoms. The van der Waals surface area contributed by atoms with Crippen LogP contribution in [-0.4, -0.2) is 40.1 Å². The van der Waals surface area contributed by atoms with Crippen LogP contribution < -0.4 is 0 Å². The Bertz CT molecular complexity index is 366. The van der Waals surface area contributed by atoms with Gasteiger partial charge in [-0.3, -0.25) is 0 Å². The van der Waals surface area contributed by atoms with E-state index in [0.717, 1.165) is 31.6 Å². The second-order valence-corrected chi connectivity index (χ2v) is 7.40. The maximum Gasteiger partial charge on any atom is 0.0802 e. The second kappa shape index (κ2) is 6.09. The van der Waals surface area contributed by atoms with Gasteiger partial charge in [0, 0.05) is 30.1 Å². The third kappa shape index (κ3) is 4.01. The highest BCUT2D eigenvalue weighted by molar-refractivity contribution is 8.00. The molecule has 1 aliphatic rings. The lowest BCUT2D eigenvalue weighted by Crippen LogP contribution is -2.43. The lowest BCUT2D eigenvalue weighted by molar-refractivity contribution is 0.140. The summed E-state index contributed by atoms with van der Waals surface area (Å²) in [6.07, 6.45) is 0.494. The van der Waals surface area contributed by atoms with Gasteiger partial charge in [-0.15, -0.1) is 0 Å². The van der Waals surface area contributed by atoms with Crippen molar-refractivity contribution in [3.63, 3.8) is 0 Å². The fourth-order valence-electron chi connectivity index (χ4n) is 2.45. The van der Waals surface area contributed by atoms with E-state index < -0.39 is 0 Å². The highest BCUT2D eigenvalue weighted by Gasteiger charge is 2.26. The molecule has 0 radical (unpaired) electrons. The van der Waals surface area contributed by atoms with Crippen molar-refractivity contribution in [1.82, 2.24) is 4.90 Å². The van der Waals surface area contributed by atoms with Crippen LogP contribution in [0.4, 0.5) is 0 Å². The maximum atomic E-state index is 10.1. The van der Waals surface area contributed by atoms with Crippen molar-refractivity contribution in [1.29, 1.82) is 0 Å². The fraction of sp³-hybridized carbons (Fsp3) is 0.600. The molecule has 0 saturated carbocycles.